The molecule has 0 saturated carbocycles. The van der Waals surface area contributed by atoms with Gasteiger partial charge in [-0.15, -0.1) is 0 Å². The maximum Gasteiger partial charge on any atom is 0.328 e. The smallest absolute Gasteiger partial charge is 0.328 e. The first kappa shape index (κ1) is 23.8. The Kier molecular flexibility index (Phi) is 8.25. The van der Waals surface area contributed by atoms with Crippen LogP contribution in [0.5, 0.6) is 0 Å². The highest BCUT2D eigenvalue weighted by Crippen LogP contribution is 2.26. The molecule has 0 aliphatic carbocycles. The van der Waals surface area contributed by atoms with E-state index in [1.54, 1.807) is 36.1 Å². The van der Waals surface area contributed by atoms with E-state index in [9.17, 15) is 14.4 Å². The summed E-state index contributed by atoms with van der Waals surface area (Å²) < 4.78 is 5.31. The molecule has 1 aliphatic heterocycles. The number of rotatable bonds is 7. The summed E-state index contributed by atoms with van der Waals surface area (Å²) in [4.78, 5) is 40.5. The highest BCUT2D eigenvalue weighted by Gasteiger charge is 2.32. The van der Waals surface area contributed by atoms with E-state index >= 15 is 0 Å². The van der Waals surface area contributed by atoms with Crippen molar-refractivity contribution in [2.75, 3.05) is 32.8 Å². The van der Waals surface area contributed by atoms with Crippen molar-refractivity contribution < 1.29 is 19.1 Å². The number of carbonyl (C=O) groups excluding carboxylic acids is 3. The van der Waals surface area contributed by atoms with Crippen LogP contribution in [-0.4, -0.2) is 60.4 Å². The van der Waals surface area contributed by atoms with E-state index in [1.807, 2.05) is 29.2 Å². The van der Waals surface area contributed by atoms with E-state index in [0.717, 1.165) is 11.1 Å². The molecule has 0 spiro atoms. The highest BCUT2D eigenvalue weighted by molar-refractivity contribution is 6.30. The number of carbonyl (C=O) groups is 3. The molecule has 1 unspecified atom stereocenters. The summed E-state index contributed by atoms with van der Waals surface area (Å²) in [7, 11) is 0. The van der Waals surface area contributed by atoms with Gasteiger partial charge in [0.1, 0.15) is 6.04 Å². The largest absolute Gasteiger partial charge is 0.465 e. The highest BCUT2D eigenvalue weighted by atomic mass is 35.5. The third-order valence-electron chi connectivity index (χ3n) is 5.40. The first-order chi connectivity index (χ1) is 15.4. The Labute approximate surface area is 193 Å². The van der Waals surface area contributed by atoms with Gasteiger partial charge in [-0.2, -0.15) is 0 Å². The number of ether oxygens (including phenoxy) is 1. The van der Waals surface area contributed by atoms with Crippen molar-refractivity contribution in [1.82, 2.24) is 15.1 Å². The first-order valence-corrected chi connectivity index (χ1v) is 11.1. The fourth-order valence-electron chi connectivity index (χ4n) is 3.72. The predicted octanol–water partition coefficient (Wildman–Crippen LogP) is 3.04. The molecular weight excluding hydrogens is 430 g/mol. The van der Waals surface area contributed by atoms with Crippen molar-refractivity contribution >= 4 is 29.4 Å². The Morgan fingerprint density at radius 3 is 2.19 bits per heavy atom. The number of hydrogen-bond donors (Lipinski definition) is 1. The van der Waals surface area contributed by atoms with Gasteiger partial charge in [0.2, 0.25) is 5.91 Å². The zero-order valence-electron chi connectivity index (χ0n) is 18.3. The average molecular weight is 458 g/mol. The SMILES string of the molecule is CCOC(=O)C(c1ccc(Cl)cc1)N1CCN(C(=O)c2ccc(CNC(C)=O)cc2)CC1. The van der Waals surface area contributed by atoms with Crippen LogP contribution in [0.4, 0.5) is 0 Å². The van der Waals surface area contributed by atoms with Gasteiger partial charge in [-0.05, 0) is 42.3 Å². The van der Waals surface area contributed by atoms with Gasteiger partial charge in [0.05, 0.1) is 6.61 Å². The minimum absolute atomic E-state index is 0.0464. The molecule has 3 rings (SSSR count). The average Bonchev–Trinajstić information content (AvgIpc) is 2.80. The Morgan fingerprint density at radius 1 is 1.00 bits per heavy atom. The van der Waals surface area contributed by atoms with Crippen molar-refractivity contribution in [3.63, 3.8) is 0 Å². The molecule has 1 fully saturated rings. The lowest BCUT2D eigenvalue weighted by Crippen LogP contribution is -2.51. The third-order valence-corrected chi connectivity index (χ3v) is 5.66. The standard InChI is InChI=1S/C24H28ClN3O4/c1-3-32-24(31)22(19-8-10-21(25)11-9-19)27-12-14-28(15-13-27)23(30)20-6-4-18(5-7-20)16-26-17(2)29/h4-11,22H,3,12-16H2,1-2H3,(H,26,29). The lowest BCUT2D eigenvalue weighted by Gasteiger charge is -2.38. The second-order valence-electron chi connectivity index (χ2n) is 7.64. The van der Waals surface area contributed by atoms with Crippen LogP contribution in [0.1, 0.15) is 41.4 Å². The lowest BCUT2D eigenvalue weighted by molar-refractivity contribution is -0.150. The normalized spacial score (nSPS) is 15.2. The van der Waals surface area contributed by atoms with Crippen molar-refractivity contribution in [3.8, 4) is 0 Å². The van der Waals surface area contributed by atoms with E-state index in [-0.39, 0.29) is 17.8 Å². The molecule has 32 heavy (non-hydrogen) atoms. The first-order valence-electron chi connectivity index (χ1n) is 10.7. The number of esters is 1. The van der Waals surface area contributed by atoms with Crippen LogP contribution in [0.15, 0.2) is 48.5 Å². The number of benzene rings is 2. The molecular formula is C24H28ClN3O4. The van der Waals surface area contributed by atoms with Gasteiger partial charge in [0, 0.05) is 50.2 Å². The number of hydrogen-bond acceptors (Lipinski definition) is 5. The Balaban J connectivity index is 1.64. The van der Waals surface area contributed by atoms with Crippen LogP contribution in [0.25, 0.3) is 0 Å². The number of halogens is 1. The molecule has 1 aliphatic rings. The van der Waals surface area contributed by atoms with E-state index < -0.39 is 6.04 Å². The maximum absolute atomic E-state index is 12.9. The fourth-order valence-corrected chi connectivity index (χ4v) is 3.85. The summed E-state index contributed by atoms with van der Waals surface area (Å²) in [5.41, 5.74) is 2.36. The Morgan fingerprint density at radius 2 is 1.62 bits per heavy atom. The van der Waals surface area contributed by atoms with Gasteiger partial charge in [0.25, 0.3) is 5.91 Å². The van der Waals surface area contributed by atoms with Gasteiger partial charge >= 0.3 is 5.97 Å². The second kappa shape index (κ2) is 11.1. The number of nitrogens with zero attached hydrogens (tertiary/aromatic N) is 2. The molecule has 0 aromatic heterocycles. The Bertz CT molecular complexity index is 939. The number of piperazine rings is 1. The van der Waals surface area contributed by atoms with E-state index in [0.29, 0.717) is 49.9 Å². The van der Waals surface area contributed by atoms with Crippen LogP contribution in [0.2, 0.25) is 5.02 Å². The summed E-state index contributed by atoms with van der Waals surface area (Å²) >= 11 is 6.00. The van der Waals surface area contributed by atoms with Gasteiger partial charge in [-0.3, -0.25) is 14.5 Å². The van der Waals surface area contributed by atoms with Crippen molar-refractivity contribution in [3.05, 3.63) is 70.2 Å². The third kappa shape index (κ3) is 6.08. The zero-order chi connectivity index (χ0) is 23.1. The summed E-state index contributed by atoms with van der Waals surface area (Å²) in [6.45, 7) is 6.12. The molecule has 7 nitrogen and oxygen atoms in total. The van der Waals surface area contributed by atoms with Gasteiger partial charge in [-0.25, -0.2) is 4.79 Å². The van der Waals surface area contributed by atoms with Crippen molar-refractivity contribution in [2.24, 2.45) is 0 Å². The molecule has 1 atom stereocenters. The molecule has 2 aromatic rings. The summed E-state index contributed by atoms with van der Waals surface area (Å²) in [5, 5.41) is 3.35. The molecule has 2 aromatic carbocycles. The molecule has 1 heterocycles. The summed E-state index contributed by atoms with van der Waals surface area (Å²) in [6.07, 6.45) is 0. The van der Waals surface area contributed by atoms with Crippen LogP contribution in [0.3, 0.4) is 0 Å². The van der Waals surface area contributed by atoms with Crippen LogP contribution in [-0.2, 0) is 20.9 Å². The Hall–Kier alpha value is -2.90. The zero-order valence-corrected chi connectivity index (χ0v) is 19.1. The summed E-state index contributed by atoms with van der Waals surface area (Å²) in [5.74, 6) is -0.443. The maximum atomic E-state index is 12.9. The molecule has 170 valence electrons. The number of nitrogens with one attached hydrogen (secondary N) is 1. The minimum atomic E-state index is -0.530. The molecule has 0 radical (unpaired) electrons. The van der Waals surface area contributed by atoms with Crippen LogP contribution >= 0.6 is 11.6 Å². The lowest BCUT2D eigenvalue weighted by atomic mass is 10.0. The van der Waals surface area contributed by atoms with E-state index in [2.05, 4.69) is 5.32 Å². The fraction of sp³-hybridized carbons (Fsp3) is 0.375. The molecule has 1 saturated heterocycles. The van der Waals surface area contributed by atoms with Crippen molar-refractivity contribution in [1.29, 1.82) is 0 Å². The summed E-state index contributed by atoms with van der Waals surface area (Å²) in [6, 6.07) is 13.9. The van der Waals surface area contributed by atoms with Crippen LogP contribution < -0.4 is 5.32 Å². The minimum Gasteiger partial charge on any atom is -0.465 e. The predicted molar refractivity (Wildman–Crippen MR) is 122 cm³/mol. The van der Waals surface area contributed by atoms with Gasteiger partial charge in [0.15, 0.2) is 0 Å². The topological polar surface area (TPSA) is 79.0 Å². The van der Waals surface area contributed by atoms with E-state index in [4.69, 9.17) is 16.3 Å². The monoisotopic (exact) mass is 457 g/mol. The number of amides is 2. The van der Waals surface area contributed by atoms with Crippen molar-refractivity contribution in [2.45, 2.75) is 26.4 Å². The molecule has 0 bridgehead atoms. The van der Waals surface area contributed by atoms with Gasteiger partial charge in [-0.1, -0.05) is 35.9 Å². The second-order valence-corrected chi connectivity index (χ2v) is 8.08. The van der Waals surface area contributed by atoms with E-state index in [1.165, 1.54) is 6.92 Å². The molecule has 1 N–H and O–H groups in total. The molecule has 8 heteroatoms. The quantitative estimate of drug-likeness (QED) is 0.646. The van der Waals surface area contributed by atoms with Crippen LogP contribution in [0, 0.1) is 0 Å². The molecule has 2 amide bonds. The van der Waals surface area contributed by atoms with Gasteiger partial charge < -0.3 is 15.0 Å².